The van der Waals surface area contributed by atoms with E-state index >= 15 is 0 Å². The van der Waals surface area contributed by atoms with Crippen LogP contribution in [0.2, 0.25) is 0 Å². The van der Waals surface area contributed by atoms with Gasteiger partial charge in [-0.3, -0.25) is 9.78 Å². The maximum atomic E-state index is 14.3. The van der Waals surface area contributed by atoms with E-state index in [1.807, 2.05) is 19.2 Å². The molecule has 0 spiro atoms. The summed E-state index contributed by atoms with van der Waals surface area (Å²) in [5.74, 6) is -1.11. The number of nitrogens with one attached hydrogen (secondary N) is 1. The molecule has 2 unspecified atom stereocenters. The van der Waals surface area contributed by atoms with Crippen LogP contribution in [0.3, 0.4) is 0 Å². The van der Waals surface area contributed by atoms with Gasteiger partial charge in [0.05, 0.1) is 23.4 Å². The standard InChI is InChI=1S/C25H25F4N3O2/c1-5-19(24-30-8-9-34-24)20(11-18-12-21(26)15(3)10-14(18)2)22-7-6-17(13-31-22)23(33)32-16(4)25(27,28)29/h6-13,16,19H,5H2,1-4H3,(H,32,33). The third kappa shape index (κ3) is 5.70. The van der Waals surface area contributed by atoms with Crippen molar-refractivity contribution in [2.75, 3.05) is 0 Å². The largest absolute Gasteiger partial charge is 0.448 e. The monoisotopic (exact) mass is 475 g/mol. The number of carbonyl (C=O) groups excluding carboxylic acids is 1. The molecule has 3 rings (SSSR count). The molecule has 0 saturated heterocycles. The zero-order chi connectivity index (χ0) is 25.0. The van der Waals surface area contributed by atoms with Gasteiger partial charge in [0.25, 0.3) is 5.91 Å². The van der Waals surface area contributed by atoms with Gasteiger partial charge in [-0.1, -0.05) is 13.0 Å². The van der Waals surface area contributed by atoms with E-state index in [0.29, 0.717) is 34.7 Å². The zero-order valence-electron chi connectivity index (χ0n) is 19.2. The average molecular weight is 475 g/mol. The van der Waals surface area contributed by atoms with Gasteiger partial charge in [0.1, 0.15) is 18.1 Å². The summed E-state index contributed by atoms with van der Waals surface area (Å²) in [5, 5.41) is 1.91. The molecule has 2 atom stereocenters. The molecular formula is C25H25F4N3O2. The van der Waals surface area contributed by atoms with E-state index in [1.54, 1.807) is 25.1 Å². The highest BCUT2D eigenvalue weighted by molar-refractivity contribution is 5.94. The summed E-state index contributed by atoms with van der Waals surface area (Å²) in [7, 11) is 0. The lowest BCUT2D eigenvalue weighted by Crippen LogP contribution is -2.43. The minimum atomic E-state index is -4.55. The summed E-state index contributed by atoms with van der Waals surface area (Å²) < 4.78 is 58.1. The van der Waals surface area contributed by atoms with Crippen molar-refractivity contribution in [3.63, 3.8) is 0 Å². The Morgan fingerprint density at radius 1 is 1.18 bits per heavy atom. The fourth-order valence-corrected chi connectivity index (χ4v) is 3.51. The molecule has 2 heterocycles. The fraction of sp³-hybridized carbons (Fsp3) is 0.320. The van der Waals surface area contributed by atoms with E-state index in [-0.39, 0.29) is 17.3 Å². The molecule has 1 aromatic carbocycles. The fourth-order valence-electron chi connectivity index (χ4n) is 3.51. The molecule has 180 valence electrons. The van der Waals surface area contributed by atoms with Crippen LogP contribution in [-0.2, 0) is 0 Å². The Bertz CT molecular complexity index is 1170. The lowest BCUT2D eigenvalue weighted by atomic mass is 9.90. The van der Waals surface area contributed by atoms with E-state index in [4.69, 9.17) is 4.42 Å². The van der Waals surface area contributed by atoms with Gasteiger partial charge < -0.3 is 9.73 Å². The highest BCUT2D eigenvalue weighted by atomic mass is 19.4. The number of nitrogens with zero attached hydrogens (tertiary/aromatic N) is 2. The molecule has 2 aromatic heterocycles. The van der Waals surface area contributed by atoms with Crippen molar-refractivity contribution in [1.29, 1.82) is 0 Å². The second kappa shape index (κ2) is 10.2. The minimum Gasteiger partial charge on any atom is -0.448 e. The molecule has 3 aromatic rings. The molecule has 0 aliphatic carbocycles. The number of hydrogen-bond donors (Lipinski definition) is 1. The molecule has 0 aliphatic rings. The molecule has 0 radical (unpaired) electrons. The average Bonchev–Trinajstić information content (AvgIpc) is 3.31. The molecular weight excluding hydrogens is 450 g/mol. The van der Waals surface area contributed by atoms with Crippen molar-refractivity contribution < 1.29 is 26.8 Å². The highest BCUT2D eigenvalue weighted by Gasteiger charge is 2.37. The van der Waals surface area contributed by atoms with Crippen molar-refractivity contribution in [3.05, 3.63) is 82.6 Å². The molecule has 34 heavy (non-hydrogen) atoms. The van der Waals surface area contributed by atoms with Crippen molar-refractivity contribution >= 4 is 17.6 Å². The van der Waals surface area contributed by atoms with Crippen molar-refractivity contribution in [3.8, 4) is 0 Å². The van der Waals surface area contributed by atoms with E-state index in [2.05, 4.69) is 9.97 Å². The molecule has 1 amide bonds. The third-order valence-electron chi connectivity index (χ3n) is 5.55. The number of oxazole rings is 1. The second-order valence-corrected chi connectivity index (χ2v) is 8.06. The summed E-state index contributed by atoms with van der Waals surface area (Å²) in [6.45, 7) is 6.35. The van der Waals surface area contributed by atoms with Gasteiger partial charge in [-0.05, 0) is 73.7 Å². The van der Waals surface area contributed by atoms with Crippen LogP contribution in [0.4, 0.5) is 17.6 Å². The first-order valence-electron chi connectivity index (χ1n) is 10.7. The van der Waals surface area contributed by atoms with Crippen LogP contribution in [0, 0.1) is 19.7 Å². The van der Waals surface area contributed by atoms with Crippen molar-refractivity contribution in [2.45, 2.75) is 52.3 Å². The predicted molar refractivity (Wildman–Crippen MR) is 121 cm³/mol. The summed E-state index contributed by atoms with van der Waals surface area (Å²) in [6.07, 6.45) is 2.03. The highest BCUT2D eigenvalue weighted by Crippen LogP contribution is 2.35. The van der Waals surface area contributed by atoms with E-state index in [0.717, 1.165) is 12.5 Å². The van der Waals surface area contributed by atoms with Gasteiger partial charge in [0.15, 0.2) is 0 Å². The molecule has 0 saturated carbocycles. The Morgan fingerprint density at radius 2 is 1.91 bits per heavy atom. The number of alkyl halides is 3. The van der Waals surface area contributed by atoms with Gasteiger partial charge in [-0.25, -0.2) is 9.37 Å². The number of allylic oxidation sites excluding steroid dienone is 1. The van der Waals surface area contributed by atoms with Crippen LogP contribution in [0.1, 0.15) is 64.8 Å². The number of halogens is 4. The Balaban J connectivity index is 2.02. The van der Waals surface area contributed by atoms with Gasteiger partial charge in [0, 0.05) is 6.20 Å². The number of hydrogen-bond acceptors (Lipinski definition) is 4. The SMILES string of the molecule is CCC(C(=Cc1cc(F)c(C)cc1C)c1ccc(C(=O)NC(C)C(F)(F)F)cn1)c1ncco1. The van der Waals surface area contributed by atoms with E-state index in [1.165, 1.54) is 30.8 Å². The summed E-state index contributed by atoms with van der Waals surface area (Å²) in [6, 6.07) is 4.13. The topological polar surface area (TPSA) is 68.0 Å². The number of carbonyl (C=O) groups is 1. The maximum Gasteiger partial charge on any atom is 0.408 e. The number of rotatable bonds is 7. The first kappa shape index (κ1) is 25.1. The third-order valence-corrected chi connectivity index (χ3v) is 5.55. The predicted octanol–water partition coefficient (Wildman–Crippen LogP) is 6.24. The molecule has 0 fully saturated rings. The zero-order valence-corrected chi connectivity index (χ0v) is 19.2. The van der Waals surface area contributed by atoms with E-state index < -0.39 is 18.1 Å². The summed E-state index contributed by atoms with van der Waals surface area (Å²) in [4.78, 5) is 20.8. The smallest absolute Gasteiger partial charge is 0.408 e. The number of benzene rings is 1. The van der Waals surface area contributed by atoms with Crippen LogP contribution < -0.4 is 5.32 Å². The van der Waals surface area contributed by atoms with Crippen LogP contribution in [0.15, 0.2) is 47.3 Å². The Morgan fingerprint density at radius 3 is 2.47 bits per heavy atom. The molecule has 5 nitrogen and oxygen atoms in total. The molecule has 0 aliphatic heterocycles. The Hall–Kier alpha value is -3.49. The minimum absolute atomic E-state index is 0.0130. The number of aromatic nitrogens is 2. The van der Waals surface area contributed by atoms with Crippen LogP contribution in [0.5, 0.6) is 0 Å². The quantitative estimate of drug-likeness (QED) is 0.411. The van der Waals surface area contributed by atoms with Crippen molar-refractivity contribution in [2.24, 2.45) is 0 Å². The second-order valence-electron chi connectivity index (χ2n) is 8.06. The number of pyridine rings is 1. The first-order chi connectivity index (χ1) is 16.0. The van der Waals surface area contributed by atoms with Crippen molar-refractivity contribution in [1.82, 2.24) is 15.3 Å². The lowest BCUT2D eigenvalue weighted by Gasteiger charge is -2.18. The normalized spacial score (nSPS) is 14.1. The lowest BCUT2D eigenvalue weighted by molar-refractivity contribution is -0.149. The number of amides is 1. The summed E-state index contributed by atoms with van der Waals surface area (Å²) >= 11 is 0. The van der Waals surface area contributed by atoms with Gasteiger partial charge >= 0.3 is 6.18 Å². The van der Waals surface area contributed by atoms with Gasteiger partial charge in [0.2, 0.25) is 5.89 Å². The van der Waals surface area contributed by atoms with Crippen LogP contribution in [-0.4, -0.2) is 28.1 Å². The summed E-state index contributed by atoms with van der Waals surface area (Å²) in [5.41, 5.74) is 3.15. The van der Waals surface area contributed by atoms with Gasteiger partial charge in [-0.15, -0.1) is 0 Å². The van der Waals surface area contributed by atoms with Crippen LogP contribution >= 0.6 is 0 Å². The van der Waals surface area contributed by atoms with Gasteiger partial charge in [-0.2, -0.15) is 13.2 Å². The van der Waals surface area contributed by atoms with Crippen LogP contribution in [0.25, 0.3) is 11.6 Å². The molecule has 1 N–H and O–H groups in total. The maximum absolute atomic E-state index is 14.3. The number of aryl methyl sites for hydroxylation is 2. The van der Waals surface area contributed by atoms with E-state index in [9.17, 15) is 22.4 Å². The first-order valence-corrected chi connectivity index (χ1v) is 10.7. The molecule has 9 heteroatoms. The Labute approximate surface area is 194 Å². The Kier molecular flexibility index (Phi) is 7.54. The molecule has 0 bridgehead atoms.